The van der Waals surface area contributed by atoms with Crippen LogP contribution in [0.3, 0.4) is 0 Å². The van der Waals surface area contributed by atoms with E-state index in [1.165, 1.54) is 16.7 Å². The second kappa shape index (κ2) is 24.3. The maximum atomic E-state index is 12.7. The molecular weight excluding hydrogens is 638 g/mol. The summed E-state index contributed by atoms with van der Waals surface area (Å²) in [6, 6.07) is 0. The first kappa shape index (κ1) is 38.0. The molecule has 0 aromatic heterocycles. The third-order valence-corrected chi connectivity index (χ3v) is 7.41. The number of likely N-dealkylation sites (tertiary alicyclic amines) is 1. The number of hydrogen-bond donors (Lipinski definition) is 0. The van der Waals surface area contributed by atoms with Gasteiger partial charge in [0.15, 0.2) is 17.3 Å². The smallest absolute Gasteiger partial charge is 0.243 e. The van der Waals surface area contributed by atoms with E-state index in [4.69, 9.17) is 42.0 Å². The van der Waals surface area contributed by atoms with E-state index in [1.54, 1.807) is 0 Å². The number of carbonyl (C=O) groups is 5. The van der Waals surface area contributed by atoms with Crippen molar-refractivity contribution in [2.75, 3.05) is 111 Å². The molecule has 0 saturated carbocycles. The van der Waals surface area contributed by atoms with Crippen LogP contribution in [-0.4, -0.2) is 156 Å². The zero-order chi connectivity index (χ0) is 37.3. The fourth-order valence-corrected chi connectivity index (χ4v) is 5.23. The van der Waals surface area contributed by atoms with Crippen molar-refractivity contribution < 1.29 is 66.0 Å². The Morgan fingerprint density at radius 2 is 1.04 bits per heavy atom. The number of hydrogen-bond acceptors (Lipinski definition) is 14. The molecule has 1 heterocycles. The first-order valence-corrected chi connectivity index (χ1v) is 16.5. The molecule has 1 unspecified atom stereocenters. The Balaban J connectivity index is 2.68. The van der Waals surface area contributed by atoms with E-state index in [9.17, 15) is 24.0 Å². The van der Waals surface area contributed by atoms with Crippen molar-refractivity contribution in [1.82, 2.24) is 4.90 Å². The van der Waals surface area contributed by atoms with Gasteiger partial charge in [0.1, 0.15) is 19.8 Å². The first-order chi connectivity index (χ1) is 23.9. The number of imide groups is 1. The highest BCUT2D eigenvalue weighted by atomic mass is 32.2. The lowest BCUT2D eigenvalue weighted by Crippen LogP contribution is -2.45. The molecule has 0 aromatic carbocycles. The lowest BCUT2D eigenvalue weighted by Gasteiger charge is -2.33. The van der Waals surface area contributed by atoms with Gasteiger partial charge in [0.25, 0.3) is 0 Å². The van der Waals surface area contributed by atoms with E-state index < -0.39 is 16.2 Å². The summed E-state index contributed by atoms with van der Waals surface area (Å²) >= 11 is 1.39. The molecule has 272 valence electrons. The topological polar surface area (TPSA) is 162 Å². The molecule has 0 bridgehead atoms. The van der Waals surface area contributed by atoms with Gasteiger partial charge in [-0.2, -0.15) is 0 Å². The monoisotopic (exact) mass is 696 g/mol. The van der Waals surface area contributed by atoms with Crippen LogP contribution in [0, 0.1) is 5.41 Å². The number of nitrogens with zero attached hydrogens (tertiary/aromatic N) is 1. The number of ether oxygens (including phenoxy) is 8. The lowest BCUT2D eigenvalue weighted by atomic mass is 9.92. The van der Waals surface area contributed by atoms with E-state index >= 15 is 0 Å². The average Bonchev–Trinajstić information content (AvgIpc) is 3.38. The van der Waals surface area contributed by atoms with Crippen molar-refractivity contribution in [3.05, 3.63) is 0 Å². The molecule has 47 heavy (non-hydrogen) atoms. The van der Waals surface area contributed by atoms with Crippen LogP contribution in [0.15, 0.2) is 0 Å². The van der Waals surface area contributed by atoms with Crippen molar-refractivity contribution in [1.29, 1.82) is 0 Å². The van der Waals surface area contributed by atoms with E-state index in [2.05, 4.69) is 0 Å². The van der Waals surface area contributed by atoms with Crippen LogP contribution in [-0.2, 0) is 61.9 Å². The van der Waals surface area contributed by atoms with Crippen molar-refractivity contribution in [3.63, 3.8) is 0 Å². The van der Waals surface area contributed by atoms with Gasteiger partial charge >= 0.3 is 0 Å². The fraction of sp³-hybridized carbons (Fsp3) is 0.844. The van der Waals surface area contributed by atoms with E-state index in [1.807, 2.05) is 20.8 Å². The highest BCUT2D eigenvalue weighted by Gasteiger charge is 2.44. The van der Waals surface area contributed by atoms with Gasteiger partial charge in [0.2, 0.25) is 11.8 Å². The molecule has 0 N–H and O–H groups in total. The van der Waals surface area contributed by atoms with Gasteiger partial charge in [-0.25, -0.2) is 0 Å². The maximum absolute atomic E-state index is 12.7. The molecule has 1 aliphatic heterocycles. The summed E-state index contributed by atoms with van der Waals surface area (Å²) < 4.78 is 66.3. The predicted octanol–water partition coefficient (Wildman–Crippen LogP) is 1.53. The highest BCUT2D eigenvalue weighted by molar-refractivity contribution is 8.00. The third kappa shape index (κ3) is 20.3. The molecule has 15 heteroatoms. The minimum absolute atomic E-state index is 0.107. The van der Waals surface area contributed by atoms with Gasteiger partial charge in [-0.1, -0.05) is 0 Å². The zero-order valence-electron chi connectivity index (χ0n) is 31.1. The maximum Gasteiger partial charge on any atom is 0.243 e. The molecular formula is C32H55NO13S. The van der Waals surface area contributed by atoms with Crippen LogP contribution < -0.4 is 0 Å². The van der Waals surface area contributed by atoms with Crippen molar-refractivity contribution in [3.8, 4) is 0 Å². The number of ketones is 3. The second-order valence-corrected chi connectivity index (χ2v) is 13.2. The van der Waals surface area contributed by atoms with Crippen LogP contribution in [0.2, 0.25) is 0 Å². The zero-order valence-corrected chi connectivity index (χ0v) is 28.9. The number of thioether (sulfide) groups is 1. The number of amides is 2. The fourth-order valence-electron chi connectivity index (χ4n) is 4.22. The Hall–Kier alpha value is -1.82. The van der Waals surface area contributed by atoms with Crippen LogP contribution >= 0.6 is 11.8 Å². The molecule has 1 fully saturated rings. The van der Waals surface area contributed by atoms with Crippen molar-refractivity contribution in [2.24, 2.45) is 5.41 Å². The van der Waals surface area contributed by atoms with Crippen LogP contribution in [0.1, 0.15) is 52.0 Å². The quantitative estimate of drug-likeness (QED) is 0.0785. The lowest BCUT2D eigenvalue weighted by molar-refractivity contribution is -0.143. The van der Waals surface area contributed by atoms with Gasteiger partial charge < -0.3 is 37.9 Å². The van der Waals surface area contributed by atoms with E-state index in [0.29, 0.717) is 12.4 Å². The van der Waals surface area contributed by atoms with Crippen LogP contribution in [0.4, 0.5) is 0 Å². The molecule has 14 nitrogen and oxygen atoms in total. The normalized spacial score (nSPS) is 16.4. The van der Waals surface area contributed by atoms with E-state index in [-0.39, 0.29) is 155 Å². The largest absolute Gasteiger partial charge is 0.378 e. The highest BCUT2D eigenvalue weighted by Crippen LogP contribution is 2.30. The van der Waals surface area contributed by atoms with E-state index in [0.717, 1.165) is 0 Å². The Morgan fingerprint density at radius 3 is 1.40 bits per heavy atom. The molecule has 0 spiro atoms. The Kier molecular flexibility index (Phi) is 19.7. The molecule has 0 aromatic rings. The summed E-state index contributed by atoms with van der Waals surface area (Å²) in [5, 5.41) is -0.419. The van der Waals surface area contributed by atoms with Crippen LogP contribution in [0.5, 0.6) is 0 Å². The van der Waals surface area contributed by atoms with Gasteiger partial charge in [0.05, 0.1) is 96.6 Å². The Labute approximate surface area is 287 Å². The number of rotatable bonds is 30. The summed E-state index contributed by atoms with van der Waals surface area (Å²) in [5.74, 6) is -0.844. The van der Waals surface area contributed by atoms with Gasteiger partial charge in [-0.05, 0) is 41.5 Å². The third-order valence-electron chi connectivity index (χ3n) is 6.23. The average molecular weight is 697 g/mol. The molecule has 1 aliphatic rings. The molecule has 1 atom stereocenters. The van der Waals surface area contributed by atoms with Crippen molar-refractivity contribution in [2.45, 2.75) is 58.7 Å². The summed E-state index contributed by atoms with van der Waals surface area (Å²) in [6.45, 7) is 5.98. The van der Waals surface area contributed by atoms with Gasteiger partial charge in [0, 0.05) is 21.8 Å². The summed E-state index contributed by atoms with van der Waals surface area (Å²) in [7, 11) is 0. The van der Waals surface area contributed by atoms with Gasteiger partial charge in [-0.15, -0.1) is 11.8 Å². The molecule has 0 radical (unpaired) electrons. The van der Waals surface area contributed by atoms with Crippen molar-refractivity contribution >= 4 is 40.9 Å². The van der Waals surface area contributed by atoms with Gasteiger partial charge in [-0.3, -0.25) is 28.9 Å². The molecule has 2 amide bonds. The molecule has 1 rings (SSSR count). The molecule has 1 saturated heterocycles. The standard InChI is InChI=1S/C32H55NO13S/c1-25(34)18-40-8-12-44-22-32(23-45-13-9-41-19-26(2)35,24-46-14-10-42-20-27(3)36)21-43-11-7-39-15-16-47-28-17-29(37)33(30(28)38)31(4,5)6/h28H,7-24H2,1-6H3/i1D,2D,3D. The Bertz CT molecular complexity index is 949. The second-order valence-electron chi connectivity index (χ2n) is 11.9. The first-order valence-electron chi connectivity index (χ1n) is 17.5. The van der Waals surface area contributed by atoms with Crippen LogP contribution in [0.25, 0.3) is 0 Å². The summed E-state index contributed by atoms with van der Waals surface area (Å²) in [5.41, 5.74) is -1.40. The summed E-state index contributed by atoms with van der Waals surface area (Å²) in [4.78, 5) is 60.3. The summed E-state index contributed by atoms with van der Waals surface area (Å²) in [6.07, 6.45) is 0.179. The number of Topliss-reactive ketones (excluding diaryl/α,β-unsaturated/α-hetero) is 3. The predicted molar refractivity (Wildman–Crippen MR) is 173 cm³/mol. The molecule has 0 aliphatic carbocycles. The SMILES string of the molecule is [2H]CC(=O)COCCOCC(COCCOCCSC1CC(=O)N(C(C)(C)C)C1=O)(COCCOCC(=O)C[2H])COCCOCC(=O)C[2H]. The minimum Gasteiger partial charge on any atom is -0.378 e. The minimum atomic E-state index is -0.838. The Morgan fingerprint density at radius 1 is 0.660 bits per heavy atom. The number of carbonyl (C=O) groups excluding carboxylic acids is 5.